The van der Waals surface area contributed by atoms with Crippen LogP contribution in [0.1, 0.15) is 58.9 Å². The van der Waals surface area contributed by atoms with Crippen LogP contribution in [0.2, 0.25) is 0 Å². The number of nitrogens with zero attached hydrogens (tertiary/aromatic N) is 4. The molecule has 1 saturated heterocycles. The van der Waals surface area contributed by atoms with Gasteiger partial charge < -0.3 is 30.2 Å². The lowest BCUT2D eigenvalue weighted by molar-refractivity contribution is -0.183. The van der Waals surface area contributed by atoms with Crippen molar-refractivity contribution < 1.29 is 19.8 Å². The molecule has 43 heavy (non-hydrogen) atoms. The van der Waals surface area contributed by atoms with E-state index in [0.717, 1.165) is 51.0 Å². The maximum Gasteiger partial charge on any atom is 0.240 e. The summed E-state index contributed by atoms with van der Waals surface area (Å²) < 4.78 is 0. The molecule has 3 N–H and O–H groups in total. The summed E-state index contributed by atoms with van der Waals surface area (Å²) in [4.78, 5) is 27.1. The van der Waals surface area contributed by atoms with Crippen LogP contribution in [-0.4, -0.2) is 116 Å². The van der Waals surface area contributed by atoms with Gasteiger partial charge in [-0.05, 0) is 115 Å². The van der Waals surface area contributed by atoms with Gasteiger partial charge in [-0.3, -0.25) is 9.63 Å². The largest absolute Gasteiger partial charge is 0.394 e. The fourth-order valence-electron chi connectivity index (χ4n) is 8.04. The number of anilines is 1. The third-order valence-electron chi connectivity index (χ3n) is 10.7. The highest BCUT2D eigenvalue weighted by Gasteiger charge is 2.57. The summed E-state index contributed by atoms with van der Waals surface area (Å²) in [5.74, 6) is 1.02. The van der Waals surface area contributed by atoms with Crippen molar-refractivity contribution >= 4 is 11.6 Å². The summed E-state index contributed by atoms with van der Waals surface area (Å²) in [6, 6.07) is 7.95. The number of aliphatic hydroxyl groups excluding tert-OH is 2. The van der Waals surface area contributed by atoms with Gasteiger partial charge in [0.1, 0.15) is 12.1 Å². The van der Waals surface area contributed by atoms with Crippen LogP contribution in [0.3, 0.4) is 0 Å². The van der Waals surface area contributed by atoms with Crippen molar-refractivity contribution in [2.75, 3.05) is 65.9 Å². The number of amides is 1. The minimum Gasteiger partial charge on any atom is -0.394 e. The van der Waals surface area contributed by atoms with Gasteiger partial charge in [0.15, 0.2) is 0 Å². The van der Waals surface area contributed by atoms with E-state index in [1.807, 2.05) is 0 Å². The third-order valence-corrected chi connectivity index (χ3v) is 10.7. The molecule has 8 atom stereocenters. The summed E-state index contributed by atoms with van der Waals surface area (Å²) in [5, 5.41) is 26.1. The molecule has 9 nitrogen and oxygen atoms in total. The quantitative estimate of drug-likeness (QED) is 0.283. The van der Waals surface area contributed by atoms with Crippen LogP contribution in [0.5, 0.6) is 0 Å². The first-order valence-corrected chi connectivity index (χ1v) is 16.5. The molecule has 0 spiro atoms. The Bertz CT molecular complexity index is 1040. The number of hydroxylamine groups is 2. The normalized spacial score (nSPS) is 30.8. The monoisotopic (exact) mass is 601 g/mol. The van der Waals surface area contributed by atoms with E-state index in [1.165, 1.54) is 12.1 Å². The molecule has 1 heterocycles. The topological polar surface area (TPSA) is 91.7 Å². The van der Waals surface area contributed by atoms with Crippen LogP contribution >= 0.6 is 0 Å². The fraction of sp³-hybridized carbons (Fsp3) is 0.794. The van der Waals surface area contributed by atoms with E-state index in [1.54, 1.807) is 12.0 Å². The highest BCUT2D eigenvalue weighted by Crippen LogP contribution is 2.61. The van der Waals surface area contributed by atoms with E-state index in [2.05, 4.69) is 93.2 Å². The summed E-state index contributed by atoms with van der Waals surface area (Å²) in [5.41, 5.74) is 2.54. The molecule has 3 saturated carbocycles. The van der Waals surface area contributed by atoms with Crippen molar-refractivity contribution in [3.05, 3.63) is 29.8 Å². The van der Waals surface area contributed by atoms with E-state index in [0.29, 0.717) is 29.7 Å². The predicted molar refractivity (Wildman–Crippen MR) is 173 cm³/mol. The van der Waals surface area contributed by atoms with Gasteiger partial charge in [-0.15, -0.1) is 0 Å². The zero-order valence-electron chi connectivity index (χ0n) is 28.0. The van der Waals surface area contributed by atoms with Gasteiger partial charge in [-0.25, -0.2) is 0 Å². The highest BCUT2D eigenvalue weighted by atomic mass is 16.7. The zero-order valence-corrected chi connectivity index (χ0v) is 28.0. The smallest absolute Gasteiger partial charge is 0.240 e. The van der Waals surface area contributed by atoms with Gasteiger partial charge in [0.2, 0.25) is 5.91 Å². The summed E-state index contributed by atoms with van der Waals surface area (Å²) >= 11 is 0. The average Bonchev–Trinajstić information content (AvgIpc) is 3.31. The fourth-order valence-corrected chi connectivity index (χ4v) is 8.04. The first-order chi connectivity index (χ1) is 20.3. The predicted octanol–water partition coefficient (Wildman–Crippen LogP) is 3.06. The summed E-state index contributed by atoms with van der Waals surface area (Å²) in [6.45, 7) is 12.8. The molecule has 5 rings (SSSR count). The molecule has 4 aliphatic rings. The van der Waals surface area contributed by atoms with E-state index < -0.39 is 24.2 Å². The van der Waals surface area contributed by atoms with Gasteiger partial charge in [-0.2, -0.15) is 5.06 Å². The molecule has 1 amide bonds. The molecular formula is C34H59N5O4. The van der Waals surface area contributed by atoms with Crippen LogP contribution < -0.4 is 10.2 Å². The molecule has 1 aromatic carbocycles. The molecule has 0 aromatic heterocycles. The van der Waals surface area contributed by atoms with Crippen molar-refractivity contribution in [2.45, 2.75) is 84.2 Å². The summed E-state index contributed by atoms with van der Waals surface area (Å²) in [7, 11) is 8.44. The van der Waals surface area contributed by atoms with Gasteiger partial charge in [-0.1, -0.05) is 32.9 Å². The first kappa shape index (κ1) is 34.1. The number of fused-ring (bicyclic) bond motifs is 2. The van der Waals surface area contributed by atoms with Crippen LogP contribution in [0.15, 0.2) is 24.3 Å². The number of carbonyl (C=O) groups is 1. The van der Waals surface area contributed by atoms with Crippen LogP contribution in [0, 0.1) is 29.1 Å². The minimum absolute atomic E-state index is 0.108. The van der Waals surface area contributed by atoms with E-state index in [-0.39, 0.29) is 18.6 Å². The zero-order chi connectivity index (χ0) is 31.5. The Labute approximate surface area is 260 Å². The van der Waals surface area contributed by atoms with E-state index in [4.69, 9.17) is 4.84 Å². The number of aliphatic hydroxyl groups is 2. The first-order valence-electron chi connectivity index (χ1n) is 16.5. The molecule has 1 aromatic rings. The van der Waals surface area contributed by atoms with Crippen LogP contribution in [-0.2, 0) is 16.2 Å². The molecule has 0 unspecified atom stereocenters. The number of hydrogen-bond donors (Lipinski definition) is 3. The maximum atomic E-state index is 14.0. The number of rotatable bonds is 15. The molecule has 3 aliphatic carbocycles. The molecule has 244 valence electrons. The molecule has 1 aliphatic heterocycles. The Hall–Kier alpha value is -1.75. The second-order valence-corrected chi connectivity index (χ2v) is 14.7. The van der Waals surface area contributed by atoms with Crippen LogP contribution in [0.25, 0.3) is 0 Å². The number of benzene rings is 1. The molecular weight excluding hydrogens is 542 g/mol. The molecule has 0 radical (unpaired) electrons. The lowest BCUT2D eigenvalue weighted by Crippen LogP contribution is -2.62. The lowest BCUT2D eigenvalue weighted by Gasteiger charge is -2.62. The standard InChI is InChI=1S/C34H59N5O4/c1-23-28-19-26(34(28,3)4)20-29(23)35-33(42)32-31(24(2)41)30(22-40)43-39(32)21-25-12-9-13-27(18-25)38(16-10-14-36(5)6)17-11-15-37(7)8/h9,12-13,18,23-24,26,28-32,40-41H,10-11,14-17,19-22H2,1-8H3,(H,35,42)/t23-,24-,26-,28+,29-,30-,31+,32-/m0/s1. The van der Waals surface area contributed by atoms with Crippen molar-refractivity contribution in [1.29, 1.82) is 0 Å². The Balaban J connectivity index is 1.50. The van der Waals surface area contributed by atoms with E-state index in [9.17, 15) is 15.0 Å². The second kappa shape index (κ2) is 14.6. The van der Waals surface area contributed by atoms with Gasteiger partial charge in [0.05, 0.1) is 19.3 Å². The van der Waals surface area contributed by atoms with E-state index >= 15 is 0 Å². The van der Waals surface area contributed by atoms with Crippen molar-refractivity contribution in [2.24, 2.45) is 29.1 Å². The SMILES string of the molecule is C[C@@H]1[C@@H](NC(=O)[C@@H]2[C@H]([C@H](C)O)[C@H](CO)ON2Cc2cccc(N(CCCN(C)C)CCCN(C)C)c2)C[C@@H]2C[C@H]1C2(C)C. The Kier molecular flexibility index (Phi) is 11.6. The average molecular weight is 602 g/mol. The Morgan fingerprint density at radius 2 is 1.74 bits per heavy atom. The summed E-state index contributed by atoms with van der Waals surface area (Å²) in [6.07, 6.45) is 2.95. The number of hydrogen-bond acceptors (Lipinski definition) is 8. The highest BCUT2D eigenvalue weighted by molar-refractivity contribution is 5.82. The lowest BCUT2D eigenvalue weighted by atomic mass is 9.45. The molecule has 4 fully saturated rings. The van der Waals surface area contributed by atoms with Crippen molar-refractivity contribution in [1.82, 2.24) is 20.2 Å². The minimum atomic E-state index is -0.802. The maximum absolute atomic E-state index is 14.0. The Morgan fingerprint density at radius 3 is 2.28 bits per heavy atom. The molecule has 9 heteroatoms. The third kappa shape index (κ3) is 7.92. The van der Waals surface area contributed by atoms with Gasteiger partial charge in [0, 0.05) is 30.7 Å². The number of carbonyl (C=O) groups excluding carboxylic acids is 1. The second-order valence-electron chi connectivity index (χ2n) is 14.7. The number of nitrogens with one attached hydrogen (secondary N) is 1. The van der Waals surface area contributed by atoms with Crippen LogP contribution in [0.4, 0.5) is 5.69 Å². The Morgan fingerprint density at radius 1 is 1.09 bits per heavy atom. The van der Waals surface area contributed by atoms with Crippen molar-refractivity contribution in [3.8, 4) is 0 Å². The van der Waals surface area contributed by atoms with Gasteiger partial charge in [0.25, 0.3) is 0 Å². The van der Waals surface area contributed by atoms with Gasteiger partial charge >= 0.3 is 0 Å². The van der Waals surface area contributed by atoms with Crippen molar-refractivity contribution in [3.63, 3.8) is 0 Å². The molecule has 2 bridgehead atoms.